The van der Waals surface area contributed by atoms with E-state index in [0.717, 1.165) is 10.6 Å². The second-order valence-electron chi connectivity index (χ2n) is 4.48. The van der Waals surface area contributed by atoms with Gasteiger partial charge in [-0.15, -0.1) is 0 Å². The summed E-state index contributed by atoms with van der Waals surface area (Å²) in [6.07, 6.45) is -4.57. The van der Waals surface area contributed by atoms with Crippen LogP contribution in [-0.2, 0) is 6.18 Å². The molecule has 0 saturated heterocycles. The van der Waals surface area contributed by atoms with Gasteiger partial charge >= 0.3 is 11.9 Å². The van der Waals surface area contributed by atoms with Crippen LogP contribution in [0.5, 0.6) is 5.75 Å². The molecule has 1 aromatic heterocycles. The van der Waals surface area contributed by atoms with Crippen molar-refractivity contribution in [1.29, 1.82) is 0 Å². The molecule has 3 aromatic rings. The Hall–Kier alpha value is -2.70. The van der Waals surface area contributed by atoms with Crippen LogP contribution in [0.4, 0.5) is 13.2 Å². The summed E-state index contributed by atoms with van der Waals surface area (Å²) in [7, 11) is 0. The van der Waals surface area contributed by atoms with Gasteiger partial charge in [0.2, 0.25) is 0 Å². The summed E-state index contributed by atoms with van der Waals surface area (Å²) in [6, 6.07) is 8.81. The van der Waals surface area contributed by atoms with Gasteiger partial charge in [0, 0.05) is 6.07 Å². The Morgan fingerprint density at radius 3 is 2.52 bits per heavy atom. The van der Waals surface area contributed by atoms with E-state index in [1.807, 2.05) is 0 Å². The Morgan fingerprint density at radius 1 is 1.10 bits per heavy atom. The molecule has 4 nitrogen and oxygen atoms in total. The summed E-state index contributed by atoms with van der Waals surface area (Å²) in [5, 5.41) is 9.37. The lowest BCUT2D eigenvalue weighted by molar-refractivity contribution is -0.137. The number of phenols is 1. The lowest BCUT2D eigenvalue weighted by Gasteiger charge is -2.13. The molecule has 0 unspecified atom stereocenters. The second-order valence-corrected chi connectivity index (χ2v) is 4.48. The molecule has 3 rings (SSSR count). The quantitative estimate of drug-likeness (QED) is 0.724. The summed E-state index contributed by atoms with van der Waals surface area (Å²) >= 11 is 0. The molecule has 0 radical (unpaired) electrons. The molecule has 7 heteroatoms. The molecule has 0 saturated carbocycles. The van der Waals surface area contributed by atoms with E-state index < -0.39 is 17.4 Å². The van der Waals surface area contributed by atoms with Crippen molar-refractivity contribution >= 4 is 11.0 Å². The number of aromatic amines is 1. The first kappa shape index (κ1) is 13.3. The van der Waals surface area contributed by atoms with Gasteiger partial charge in [-0.1, -0.05) is 12.1 Å². The zero-order valence-electron chi connectivity index (χ0n) is 10.5. The van der Waals surface area contributed by atoms with Gasteiger partial charge in [0.05, 0.1) is 22.3 Å². The lowest BCUT2D eigenvalue weighted by Crippen LogP contribution is -2.19. The average Bonchev–Trinajstić information content (AvgIpc) is 2.72. The molecule has 0 bridgehead atoms. The third-order valence-corrected chi connectivity index (χ3v) is 3.12. The number of nitrogens with one attached hydrogen (secondary N) is 1. The van der Waals surface area contributed by atoms with Gasteiger partial charge in [-0.25, -0.2) is 4.79 Å². The molecule has 0 amide bonds. The third-order valence-electron chi connectivity index (χ3n) is 3.12. The maximum atomic E-state index is 13.1. The number of halogens is 3. The number of fused-ring (bicyclic) bond motifs is 1. The molecule has 2 N–H and O–H groups in total. The summed E-state index contributed by atoms with van der Waals surface area (Å²) in [4.78, 5) is 14.4. The highest BCUT2D eigenvalue weighted by Gasteiger charge is 2.34. The number of imidazole rings is 1. The largest absolute Gasteiger partial charge is 0.508 e. The van der Waals surface area contributed by atoms with E-state index in [-0.39, 0.29) is 22.5 Å². The van der Waals surface area contributed by atoms with Crippen LogP contribution in [0.2, 0.25) is 0 Å². The number of benzene rings is 2. The maximum Gasteiger partial charge on any atom is 0.418 e. The smallest absolute Gasteiger partial charge is 0.418 e. The van der Waals surface area contributed by atoms with E-state index in [0.29, 0.717) is 0 Å². The molecule has 21 heavy (non-hydrogen) atoms. The van der Waals surface area contributed by atoms with Gasteiger partial charge in [0.15, 0.2) is 0 Å². The third kappa shape index (κ3) is 2.16. The van der Waals surface area contributed by atoms with Crippen molar-refractivity contribution in [2.45, 2.75) is 6.18 Å². The summed E-state index contributed by atoms with van der Waals surface area (Å²) in [5.74, 6) is -0.0833. The predicted molar refractivity (Wildman–Crippen MR) is 70.6 cm³/mol. The van der Waals surface area contributed by atoms with Crippen molar-refractivity contribution in [3.05, 3.63) is 58.5 Å². The number of hydrogen-bond donors (Lipinski definition) is 2. The topological polar surface area (TPSA) is 58.0 Å². The minimum absolute atomic E-state index is 0.0833. The Morgan fingerprint density at radius 2 is 1.81 bits per heavy atom. The lowest BCUT2D eigenvalue weighted by atomic mass is 10.1. The van der Waals surface area contributed by atoms with E-state index in [1.54, 1.807) is 0 Å². The summed E-state index contributed by atoms with van der Waals surface area (Å²) < 4.78 is 40.2. The number of phenolic OH excluding ortho intramolecular Hbond substituents is 1. The van der Waals surface area contributed by atoms with Crippen LogP contribution in [0.1, 0.15) is 5.56 Å². The molecular formula is C14H9F3N2O2. The van der Waals surface area contributed by atoms with Gasteiger partial charge in [-0.3, -0.25) is 4.57 Å². The Labute approximate surface area is 116 Å². The fourth-order valence-corrected chi connectivity index (χ4v) is 2.25. The fourth-order valence-electron chi connectivity index (χ4n) is 2.25. The number of hydrogen-bond acceptors (Lipinski definition) is 2. The molecular weight excluding hydrogens is 285 g/mol. The van der Waals surface area contributed by atoms with Crippen LogP contribution >= 0.6 is 0 Å². The number of aromatic hydroxyl groups is 1. The first-order chi connectivity index (χ1) is 9.88. The monoisotopic (exact) mass is 294 g/mol. The van der Waals surface area contributed by atoms with E-state index in [2.05, 4.69) is 4.98 Å². The van der Waals surface area contributed by atoms with E-state index in [4.69, 9.17) is 0 Å². The van der Waals surface area contributed by atoms with Crippen molar-refractivity contribution in [3.63, 3.8) is 0 Å². The Kier molecular flexibility index (Phi) is 2.79. The molecule has 0 aliphatic carbocycles. The van der Waals surface area contributed by atoms with Crippen LogP contribution in [0, 0.1) is 0 Å². The molecule has 0 fully saturated rings. The number of rotatable bonds is 1. The van der Waals surface area contributed by atoms with Gasteiger partial charge in [0.25, 0.3) is 0 Å². The van der Waals surface area contributed by atoms with Crippen molar-refractivity contribution < 1.29 is 18.3 Å². The van der Waals surface area contributed by atoms with Crippen LogP contribution < -0.4 is 5.69 Å². The summed E-state index contributed by atoms with van der Waals surface area (Å²) in [6.45, 7) is 0. The zero-order valence-corrected chi connectivity index (χ0v) is 10.5. The van der Waals surface area contributed by atoms with Crippen LogP contribution in [0.3, 0.4) is 0 Å². The van der Waals surface area contributed by atoms with Gasteiger partial charge < -0.3 is 10.1 Å². The van der Waals surface area contributed by atoms with Crippen molar-refractivity contribution in [1.82, 2.24) is 9.55 Å². The van der Waals surface area contributed by atoms with Crippen molar-refractivity contribution in [3.8, 4) is 11.4 Å². The predicted octanol–water partition coefficient (Wildman–Crippen LogP) is 3.04. The Balaban J connectivity index is 2.37. The minimum atomic E-state index is -4.57. The molecule has 0 atom stereocenters. The molecule has 108 valence electrons. The first-order valence-corrected chi connectivity index (χ1v) is 5.98. The molecule has 0 spiro atoms. The normalized spacial score (nSPS) is 12.0. The number of nitrogens with zero attached hydrogens (tertiary/aromatic N) is 1. The number of para-hydroxylation sites is 1. The van der Waals surface area contributed by atoms with E-state index >= 15 is 0 Å². The number of aromatic nitrogens is 2. The van der Waals surface area contributed by atoms with Crippen LogP contribution in [0.25, 0.3) is 16.7 Å². The highest BCUT2D eigenvalue weighted by Crippen LogP contribution is 2.34. The SMILES string of the molecule is O=c1[nH]c2cc(O)ccc2n1-c1ccccc1C(F)(F)F. The van der Waals surface area contributed by atoms with Crippen LogP contribution in [0.15, 0.2) is 47.3 Å². The zero-order chi connectivity index (χ0) is 15.2. The van der Waals surface area contributed by atoms with E-state index in [9.17, 15) is 23.1 Å². The van der Waals surface area contributed by atoms with Gasteiger partial charge in [-0.2, -0.15) is 13.2 Å². The highest BCUT2D eigenvalue weighted by molar-refractivity contribution is 5.79. The van der Waals surface area contributed by atoms with Gasteiger partial charge in [-0.05, 0) is 24.3 Å². The Bertz CT molecular complexity index is 878. The maximum absolute atomic E-state index is 13.1. The highest BCUT2D eigenvalue weighted by atomic mass is 19.4. The van der Waals surface area contributed by atoms with Crippen molar-refractivity contribution in [2.24, 2.45) is 0 Å². The van der Waals surface area contributed by atoms with E-state index in [1.165, 1.54) is 36.4 Å². The minimum Gasteiger partial charge on any atom is -0.508 e. The average molecular weight is 294 g/mol. The molecule has 0 aliphatic rings. The fraction of sp³-hybridized carbons (Fsp3) is 0.0714. The second kappa shape index (κ2) is 4.41. The number of alkyl halides is 3. The van der Waals surface area contributed by atoms with Gasteiger partial charge in [0.1, 0.15) is 5.75 Å². The van der Waals surface area contributed by atoms with Crippen molar-refractivity contribution in [2.75, 3.05) is 0 Å². The molecule has 0 aliphatic heterocycles. The van der Waals surface area contributed by atoms with Crippen LogP contribution in [-0.4, -0.2) is 14.7 Å². The summed E-state index contributed by atoms with van der Waals surface area (Å²) in [5.41, 5.74) is -1.34. The molecule has 2 aromatic carbocycles. The number of H-pyrrole nitrogens is 1. The first-order valence-electron chi connectivity index (χ1n) is 5.98. The standard InChI is InChI=1S/C14H9F3N2O2/c15-14(16,17)9-3-1-2-4-11(9)19-12-6-5-8(20)7-10(12)18-13(19)21/h1-7,20H,(H,18,21). The molecule has 1 heterocycles.